The fourth-order valence-electron chi connectivity index (χ4n) is 1.99. The van der Waals surface area contributed by atoms with Gasteiger partial charge in [0.25, 0.3) is 0 Å². The number of rotatable bonds is 5. The van der Waals surface area contributed by atoms with E-state index >= 15 is 0 Å². The van der Waals surface area contributed by atoms with Gasteiger partial charge >= 0.3 is 0 Å². The molecule has 0 saturated heterocycles. The maximum absolute atomic E-state index is 5.67. The lowest BCUT2D eigenvalue weighted by atomic mass is 10.3. The second kappa shape index (κ2) is 4.91. The number of nitrogens with zero attached hydrogens (tertiary/aromatic N) is 3. The van der Waals surface area contributed by atoms with Crippen LogP contribution in [0.4, 0.5) is 5.69 Å². The van der Waals surface area contributed by atoms with Crippen molar-refractivity contribution in [3.8, 4) is 5.75 Å². The van der Waals surface area contributed by atoms with Crippen LogP contribution in [0.1, 0.15) is 30.4 Å². The first-order chi connectivity index (χ1) is 9.22. The third-order valence-electron chi connectivity index (χ3n) is 3.29. The number of ether oxygens (including phenoxy) is 1. The Bertz CT molecular complexity index is 557. The predicted octanol–water partition coefficient (Wildman–Crippen LogP) is 1.90. The van der Waals surface area contributed by atoms with Crippen molar-refractivity contribution in [2.75, 3.05) is 12.3 Å². The molecule has 5 nitrogen and oxygen atoms in total. The average Bonchev–Trinajstić information content (AvgIpc) is 3.18. The SMILES string of the molecule is Cn1nc(C2CC2)nc1CCOc1ccc(N)cc1. The molecule has 5 heteroatoms. The summed E-state index contributed by atoms with van der Waals surface area (Å²) < 4.78 is 7.53. The molecule has 0 amide bonds. The van der Waals surface area contributed by atoms with E-state index in [9.17, 15) is 0 Å². The number of aryl methyl sites for hydroxylation is 1. The summed E-state index contributed by atoms with van der Waals surface area (Å²) in [6, 6.07) is 7.43. The highest BCUT2D eigenvalue weighted by molar-refractivity contribution is 5.41. The predicted molar refractivity (Wildman–Crippen MR) is 73.0 cm³/mol. The van der Waals surface area contributed by atoms with Crippen molar-refractivity contribution in [2.24, 2.45) is 7.05 Å². The van der Waals surface area contributed by atoms with Crippen molar-refractivity contribution in [3.63, 3.8) is 0 Å². The number of nitrogen functional groups attached to an aromatic ring is 1. The number of nitrogens with two attached hydrogens (primary N) is 1. The first-order valence-electron chi connectivity index (χ1n) is 6.60. The van der Waals surface area contributed by atoms with E-state index in [4.69, 9.17) is 10.5 Å². The summed E-state index contributed by atoms with van der Waals surface area (Å²) in [6.45, 7) is 0.598. The van der Waals surface area contributed by atoms with Crippen molar-refractivity contribution in [3.05, 3.63) is 35.9 Å². The Balaban J connectivity index is 1.55. The first kappa shape index (κ1) is 12.0. The van der Waals surface area contributed by atoms with Crippen LogP contribution >= 0.6 is 0 Å². The second-order valence-electron chi connectivity index (χ2n) is 4.95. The van der Waals surface area contributed by atoms with Crippen LogP contribution in [0.2, 0.25) is 0 Å². The van der Waals surface area contributed by atoms with E-state index in [0.29, 0.717) is 12.5 Å². The molecule has 0 spiro atoms. The minimum Gasteiger partial charge on any atom is -0.493 e. The Labute approximate surface area is 112 Å². The Morgan fingerprint density at radius 3 is 2.74 bits per heavy atom. The molecule has 19 heavy (non-hydrogen) atoms. The highest BCUT2D eigenvalue weighted by Crippen LogP contribution is 2.37. The molecule has 0 atom stereocenters. The van der Waals surface area contributed by atoms with Crippen molar-refractivity contribution >= 4 is 5.69 Å². The van der Waals surface area contributed by atoms with E-state index < -0.39 is 0 Å². The molecule has 1 aliphatic rings. The molecule has 0 unspecified atom stereocenters. The number of benzene rings is 1. The van der Waals surface area contributed by atoms with Crippen molar-refractivity contribution in [1.29, 1.82) is 0 Å². The van der Waals surface area contributed by atoms with Gasteiger partial charge in [0, 0.05) is 25.1 Å². The van der Waals surface area contributed by atoms with Gasteiger partial charge in [0.2, 0.25) is 0 Å². The normalized spacial score (nSPS) is 14.6. The summed E-state index contributed by atoms with van der Waals surface area (Å²) in [5.41, 5.74) is 6.37. The molecule has 1 aliphatic carbocycles. The van der Waals surface area contributed by atoms with Gasteiger partial charge in [0.1, 0.15) is 11.6 Å². The number of anilines is 1. The highest BCUT2D eigenvalue weighted by atomic mass is 16.5. The Morgan fingerprint density at radius 2 is 2.05 bits per heavy atom. The molecule has 0 aliphatic heterocycles. The maximum atomic E-state index is 5.67. The van der Waals surface area contributed by atoms with E-state index in [-0.39, 0.29) is 0 Å². The van der Waals surface area contributed by atoms with Gasteiger partial charge in [-0.3, -0.25) is 4.68 Å². The third-order valence-corrected chi connectivity index (χ3v) is 3.29. The molecule has 1 aromatic heterocycles. The maximum Gasteiger partial charge on any atom is 0.154 e. The van der Waals surface area contributed by atoms with Crippen LogP contribution in [0, 0.1) is 0 Å². The minimum absolute atomic E-state index is 0.595. The van der Waals surface area contributed by atoms with Gasteiger partial charge < -0.3 is 10.5 Å². The van der Waals surface area contributed by atoms with Crippen LogP contribution in [-0.4, -0.2) is 21.4 Å². The zero-order chi connectivity index (χ0) is 13.2. The lowest BCUT2D eigenvalue weighted by Crippen LogP contribution is -2.07. The molecule has 0 radical (unpaired) electrons. The smallest absolute Gasteiger partial charge is 0.154 e. The van der Waals surface area contributed by atoms with Crippen LogP contribution < -0.4 is 10.5 Å². The van der Waals surface area contributed by atoms with Crippen LogP contribution in [0.5, 0.6) is 5.75 Å². The van der Waals surface area contributed by atoms with Crippen LogP contribution in [0.3, 0.4) is 0 Å². The summed E-state index contributed by atoms with van der Waals surface area (Å²) in [6.07, 6.45) is 3.22. The quantitative estimate of drug-likeness (QED) is 0.832. The van der Waals surface area contributed by atoms with E-state index in [2.05, 4.69) is 10.1 Å². The standard InChI is InChI=1S/C14H18N4O/c1-18-13(16-14(17-18)10-2-3-10)8-9-19-12-6-4-11(15)5-7-12/h4-7,10H,2-3,8-9,15H2,1H3. The molecular formula is C14H18N4O. The number of aromatic nitrogens is 3. The fraction of sp³-hybridized carbons (Fsp3) is 0.429. The van der Waals surface area contributed by atoms with E-state index in [1.165, 1.54) is 12.8 Å². The van der Waals surface area contributed by atoms with E-state index in [0.717, 1.165) is 29.5 Å². The molecule has 1 heterocycles. The third kappa shape index (κ3) is 2.86. The monoisotopic (exact) mass is 258 g/mol. The van der Waals surface area contributed by atoms with Crippen LogP contribution in [0.15, 0.2) is 24.3 Å². The summed E-state index contributed by atoms with van der Waals surface area (Å²) in [7, 11) is 1.94. The van der Waals surface area contributed by atoms with Gasteiger partial charge in [0.05, 0.1) is 6.61 Å². The molecular weight excluding hydrogens is 240 g/mol. The average molecular weight is 258 g/mol. The van der Waals surface area contributed by atoms with Gasteiger partial charge in [-0.2, -0.15) is 5.10 Å². The molecule has 1 fully saturated rings. The number of hydrogen-bond donors (Lipinski definition) is 1. The Hall–Kier alpha value is -2.04. The van der Waals surface area contributed by atoms with Gasteiger partial charge in [-0.05, 0) is 37.1 Å². The second-order valence-corrected chi connectivity index (χ2v) is 4.95. The van der Waals surface area contributed by atoms with Gasteiger partial charge in [-0.25, -0.2) is 4.98 Å². The molecule has 100 valence electrons. The molecule has 3 rings (SSSR count). The Kier molecular flexibility index (Phi) is 3.11. The molecule has 1 aromatic carbocycles. The highest BCUT2D eigenvalue weighted by Gasteiger charge is 2.28. The lowest BCUT2D eigenvalue weighted by molar-refractivity contribution is 0.317. The van der Waals surface area contributed by atoms with Crippen molar-refractivity contribution in [1.82, 2.24) is 14.8 Å². The summed E-state index contributed by atoms with van der Waals surface area (Å²) in [5, 5.41) is 4.44. The lowest BCUT2D eigenvalue weighted by Gasteiger charge is -2.05. The van der Waals surface area contributed by atoms with Crippen molar-refractivity contribution in [2.45, 2.75) is 25.2 Å². The van der Waals surface area contributed by atoms with E-state index in [1.54, 1.807) is 0 Å². The van der Waals surface area contributed by atoms with Crippen molar-refractivity contribution < 1.29 is 4.74 Å². The fourth-order valence-corrected chi connectivity index (χ4v) is 1.99. The van der Waals surface area contributed by atoms with Gasteiger partial charge in [-0.1, -0.05) is 0 Å². The van der Waals surface area contributed by atoms with Gasteiger partial charge in [0.15, 0.2) is 5.82 Å². The summed E-state index contributed by atoms with van der Waals surface area (Å²) >= 11 is 0. The molecule has 2 aromatic rings. The van der Waals surface area contributed by atoms with Crippen LogP contribution in [-0.2, 0) is 13.5 Å². The molecule has 0 bridgehead atoms. The van der Waals surface area contributed by atoms with E-state index in [1.807, 2.05) is 36.0 Å². The zero-order valence-electron chi connectivity index (χ0n) is 11.0. The van der Waals surface area contributed by atoms with Gasteiger partial charge in [-0.15, -0.1) is 0 Å². The first-order valence-corrected chi connectivity index (χ1v) is 6.60. The summed E-state index contributed by atoms with van der Waals surface area (Å²) in [4.78, 5) is 4.57. The Morgan fingerprint density at radius 1 is 1.32 bits per heavy atom. The largest absolute Gasteiger partial charge is 0.493 e. The molecule has 1 saturated carbocycles. The zero-order valence-corrected chi connectivity index (χ0v) is 11.0. The number of hydrogen-bond acceptors (Lipinski definition) is 4. The van der Waals surface area contributed by atoms with Crippen LogP contribution in [0.25, 0.3) is 0 Å². The molecule has 2 N–H and O–H groups in total. The summed E-state index contributed by atoms with van der Waals surface area (Å²) in [5.74, 6) is 3.40. The topological polar surface area (TPSA) is 66.0 Å². The minimum atomic E-state index is 0.595.